The molecule has 0 heterocycles. The number of aromatic hydroxyl groups is 1. The lowest BCUT2D eigenvalue weighted by Gasteiger charge is -2.07. The Labute approximate surface area is 91.1 Å². The molecule has 1 aromatic rings. The number of hydrogen-bond donors (Lipinski definition) is 2. The lowest BCUT2D eigenvalue weighted by Crippen LogP contribution is -2.14. The third-order valence-electron chi connectivity index (χ3n) is 2.02. The number of benzene rings is 1. The SMILES string of the molecule is CCc1cc(Br)cc(C(=O)CN)c1O. The summed E-state index contributed by atoms with van der Waals surface area (Å²) in [5.41, 5.74) is 6.28. The van der Waals surface area contributed by atoms with Crippen LogP contribution in [0.3, 0.4) is 0 Å². The highest BCUT2D eigenvalue weighted by Gasteiger charge is 2.13. The molecule has 0 amide bonds. The molecule has 0 aliphatic carbocycles. The average Bonchev–Trinajstić information content (AvgIpc) is 2.19. The van der Waals surface area contributed by atoms with Crippen LogP contribution < -0.4 is 5.73 Å². The van der Waals surface area contributed by atoms with E-state index in [-0.39, 0.29) is 18.1 Å². The Morgan fingerprint density at radius 1 is 1.57 bits per heavy atom. The summed E-state index contributed by atoms with van der Waals surface area (Å²) >= 11 is 3.28. The lowest BCUT2D eigenvalue weighted by molar-refractivity contribution is 0.0998. The number of Topliss-reactive ketones (excluding diaryl/α,β-unsaturated/α-hetero) is 1. The van der Waals surface area contributed by atoms with Crippen LogP contribution in [0.4, 0.5) is 0 Å². The van der Waals surface area contributed by atoms with Crippen molar-refractivity contribution in [3.8, 4) is 5.75 Å². The molecule has 4 heteroatoms. The van der Waals surface area contributed by atoms with Gasteiger partial charge in [-0.15, -0.1) is 0 Å². The summed E-state index contributed by atoms with van der Waals surface area (Å²) in [6, 6.07) is 3.38. The van der Waals surface area contributed by atoms with Gasteiger partial charge in [-0.25, -0.2) is 0 Å². The highest BCUT2D eigenvalue weighted by Crippen LogP contribution is 2.27. The molecule has 1 rings (SSSR count). The van der Waals surface area contributed by atoms with E-state index in [1.807, 2.05) is 6.92 Å². The van der Waals surface area contributed by atoms with Crippen molar-refractivity contribution < 1.29 is 9.90 Å². The summed E-state index contributed by atoms with van der Waals surface area (Å²) in [5, 5.41) is 9.72. The van der Waals surface area contributed by atoms with E-state index < -0.39 is 0 Å². The maximum absolute atomic E-state index is 11.3. The predicted molar refractivity (Wildman–Crippen MR) is 58.6 cm³/mol. The molecule has 0 aromatic heterocycles. The molecular weight excluding hydrogens is 246 g/mol. The lowest BCUT2D eigenvalue weighted by atomic mass is 10.0. The number of carbonyl (C=O) groups excluding carboxylic acids is 1. The molecule has 0 bridgehead atoms. The standard InChI is InChI=1S/C10H12BrNO2/c1-2-6-3-7(11)4-8(10(6)14)9(13)5-12/h3-4,14H,2,5,12H2,1H3. The van der Waals surface area contributed by atoms with E-state index >= 15 is 0 Å². The first kappa shape index (κ1) is 11.2. The molecule has 0 radical (unpaired) electrons. The van der Waals surface area contributed by atoms with Crippen molar-refractivity contribution in [2.75, 3.05) is 6.54 Å². The van der Waals surface area contributed by atoms with Gasteiger partial charge in [0.15, 0.2) is 5.78 Å². The van der Waals surface area contributed by atoms with E-state index in [1.54, 1.807) is 12.1 Å². The van der Waals surface area contributed by atoms with Crippen molar-refractivity contribution in [3.63, 3.8) is 0 Å². The Kier molecular flexibility index (Phi) is 3.66. The van der Waals surface area contributed by atoms with E-state index in [4.69, 9.17) is 5.73 Å². The summed E-state index contributed by atoms with van der Waals surface area (Å²) in [4.78, 5) is 11.3. The molecule has 0 saturated heterocycles. The topological polar surface area (TPSA) is 63.3 Å². The highest BCUT2D eigenvalue weighted by molar-refractivity contribution is 9.10. The third kappa shape index (κ3) is 2.13. The highest BCUT2D eigenvalue weighted by atomic mass is 79.9. The first-order chi connectivity index (χ1) is 6.60. The Balaban J connectivity index is 3.29. The maximum Gasteiger partial charge on any atom is 0.180 e. The summed E-state index contributed by atoms with van der Waals surface area (Å²) in [6.45, 7) is 1.82. The number of aryl methyl sites for hydroxylation is 1. The van der Waals surface area contributed by atoms with Crippen molar-refractivity contribution in [2.45, 2.75) is 13.3 Å². The second kappa shape index (κ2) is 4.57. The van der Waals surface area contributed by atoms with E-state index in [9.17, 15) is 9.90 Å². The first-order valence-corrected chi connectivity index (χ1v) is 5.14. The number of carbonyl (C=O) groups is 1. The van der Waals surface area contributed by atoms with Gasteiger partial charge in [0.1, 0.15) is 5.75 Å². The van der Waals surface area contributed by atoms with E-state index in [1.165, 1.54) is 0 Å². The molecule has 3 nitrogen and oxygen atoms in total. The van der Waals surface area contributed by atoms with Crippen LogP contribution in [0.5, 0.6) is 5.75 Å². The zero-order chi connectivity index (χ0) is 10.7. The van der Waals surface area contributed by atoms with Gasteiger partial charge in [0, 0.05) is 4.47 Å². The van der Waals surface area contributed by atoms with Crippen LogP contribution in [0.2, 0.25) is 0 Å². The van der Waals surface area contributed by atoms with E-state index in [0.29, 0.717) is 12.0 Å². The van der Waals surface area contributed by atoms with Crippen molar-refractivity contribution in [1.82, 2.24) is 0 Å². The predicted octanol–water partition coefficient (Wildman–Crippen LogP) is 1.86. The molecular formula is C10H12BrNO2. The Morgan fingerprint density at radius 3 is 2.71 bits per heavy atom. The van der Waals surface area contributed by atoms with Gasteiger partial charge < -0.3 is 10.8 Å². The van der Waals surface area contributed by atoms with Gasteiger partial charge in [-0.1, -0.05) is 22.9 Å². The largest absolute Gasteiger partial charge is 0.507 e. The summed E-state index contributed by atoms with van der Waals surface area (Å²) in [5.74, 6) is -0.204. The number of halogens is 1. The van der Waals surface area contributed by atoms with Gasteiger partial charge in [0.05, 0.1) is 12.1 Å². The zero-order valence-corrected chi connectivity index (χ0v) is 9.47. The monoisotopic (exact) mass is 257 g/mol. The van der Waals surface area contributed by atoms with E-state index in [0.717, 1.165) is 10.0 Å². The Bertz CT molecular complexity index is 363. The number of phenols is 1. The third-order valence-corrected chi connectivity index (χ3v) is 2.48. The minimum atomic E-state index is -0.251. The molecule has 14 heavy (non-hydrogen) atoms. The van der Waals surface area contributed by atoms with Crippen molar-refractivity contribution in [3.05, 3.63) is 27.7 Å². The molecule has 0 spiro atoms. The molecule has 1 aromatic carbocycles. The van der Waals surface area contributed by atoms with Crippen molar-refractivity contribution in [2.24, 2.45) is 5.73 Å². The zero-order valence-electron chi connectivity index (χ0n) is 7.88. The number of hydrogen-bond acceptors (Lipinski definition) is 3. The molecule has 76 valence electrons. The van der Waals surface area contributed by atoms with Crippen LogP contribution in [0.1, 0.15) is 22.8 Å². The number of rotatable bonds is 3. The van der Waals surface area contributed by atoms with Gasteiger partial charge in [0.2, 0.25) is 0 Å². The summed E-state index contributed by atoms with van der Waals surface area (Å²) in [7, 11) is 0. The number of phenolic OH excluding ortho intramolecular Hbond substituents is 1. The molecule has 0 unspecified atom stereocenters. The van der Waals surface area contributed by atoms with Gasteiger partial charge in [-0.3, -0.25) is 4.79 Å². The molecule has 0 atom stereocenters. The average molecular weight is 258 g/mol. The Morgan fingerprint density at radius 2 is 2.21 bits per heavy atom. The van der Waals surface area contributed by atoms with Crippen LogP contribution in [0, 0.1) is 0 Å². The number of nitrogens with two attached hydrogens (primary N) is 1. The minimum Gasteiger partial charge on any atom is -0.507 e. The van der Waals surface area contributed by atoms with Crippen molar-refractivity contribution in [1.29, 1.82) is 0 Å². The van der Waals surface area contributed by atoms with Gasteiger partial charge in [-0.2, -0.15) is 0 Å². The maximum atomic E-state index is 11.3. The normalized spacial score (nSPS) is 10.2. The van der Waals surface area contributed by atoms with Crippen LogP contribution in [-0.4, -0.2) is 17.4 Å². The minimum absolute atomic E-state index is 0.0474. The van der Waals surface area contributed by atoms with Gasteiger partial charge in [-0.05, 0) is 24.1 Å². The fraction of sp³-hybridized carbons (Fsp3) is 0.300. The second-order valence-corrected chi connectivity index (χ2v) is 3.86. The van der Waals surface area contributed by atoms with Crippen LogP contribution in [-0.2, 0) is 6.42 Å². The molecule has 0 aliphatic heterocycles. The fourth-order valence-electron chi connectivity index (χ4n) is 1.25. The quantitative estimate of drug-likeness (QED) is 0.813. The fourth-order valence-corrected chi connectivity index (χ4v) is 1.75. The Hall–Kier alpha value is -0.870. The van der Waals surface area contributed by atoms with Crippen LogP contribution in [0.25, 0.3) is 0 Å². The number of ketones is 1. The molecule has 3 N–H and O–H groups in total. The smallest absolute Gasteiger partial charge is 0.180 e. The van der Waals surface area contributed by atoms with E-state index in [2.05, 4.69) is 15.9 Å². The summed E-state index contributed by atoms with van der Waals surface area (Å²) in [6.07, 6.45) is 0.677. The van der Waals surface area contributed by atoms with Crippen LogP contribution >= 0.6 is 15.9 Å². The van der Waals surface area contributed by atoms with Gasteiger partial charge >= 0.3 is 0 Å². The molecule has 0 fully saturated rings. The molecule has 0 saturated carbocycles. The molecule has 0 aliphatic rings. The van der Waals surface area contributed by atoms with Crippen molar-refractivity contribution >= 4 is 21.7 Å². The summed E-state index contributed by atoms with van der Waals surface area (Å²) < 4.78 is 0.781. The van der Waals surface area contributed by atoms with Gasteiger partial charge in [0.25, 0.3) is 0 Å². The second-order valence-electron chi connectivity index (χ2n) is 2.94. The first-order valence-electron chi connectivity index (χ1n) is 4.34. The van der Waals surface area contributed by atoms with Crippen LogP contribution in [0.15, 0.2) is 16.6 Å².